The minimum atomic E-state index is -1.02. The van der Waals surface area contributed by atoms with Gasteiger partial charge in [0, 0.05) is 38.2 Å². The third-order valence-corrected chi connectivity index (χ3v) is 3.91. The Kier molecular flexibility index (Phi) is 6.04. The molecule has 0 aromatic heterocycles. The number of methoxy groups -OCH3 is 1. The van der Waals surface area contributed by atoms with Crippen molar-refractivity contribution < 1.29 is 23.1 Å². The lowest BCUT2D eigenvalue weighted by Crippen LogP contribution is -2.48. The van der Waals surface area contributed by atoms with Crippen molar-refractivity contribution in [2.75, 3.05) is 39.8 Å². The first kappa shape index (κ1) is 17.3. The molecule has 1 heterocycles. The predicted molar refractivity (Wildman–Crippen MR) is 80.0 cm³/mol. The Bertz CT molecular complexity index is 572. The molecule has 1 fully saturated rings. The summed E-state index contributed by atoms with van der Waals surface area (Å²) in [6, 6.07) is 3.19. The van der Waals surface area contributed by atoms with E-state index in [0.29, 0.717) is 39.0 Å². The fourth-order valence-corrected chi connectivity index (χ4v) is 2.54. The van der Waals surface area contributed by atoms with Gasteiger partial charge in [-0.25, -0.2) is 8.78 Å². The number of carbonyl (C=O) groups excluding carboxylic acids is 2. The minimum Gasteiger partial charge on any atom is -0.469 e. The molecule has 0 atom stereocenters. The molecular weight excluding hydrogens is 306 g/mol. The number of benzene rings is 1. The van der Waals surface area contributed by atoms with Crippen molar-refractivity contribution in [3.8, 4) is 0 Å². The third-order valence-electron chi connectivity index (χ3n) is 3.91. The van der Waals surface area contributed by atoms with Gasteiger partial charge < -0.3 is 9.64 Å². The molecule has 0 radical (unpaired) electrons. The summed E-state index contributed by atoms with van der Waals surface area (Å²) in [4.78, 5) is 27.1. The number of halogens is 2. The molecule has 126 valence electrons. The summed E-state index contributed by atoms with van der Waals surface area (Å²) >= 11 is 0. The summed E-state index contributed by atoms with van der Waals surface area (Å²) in [5.41, 5.74) is 0.156. The van der Waals surface area contributed by atoms with Crippen molar-refractivity contribution in [2.24, 2.45) is 0 Å². The van der Waals surface area contributed by atoms with Gasteiger partial charge in [0.05, 0.1) is 7.11 Å². The van der Waals surface area contributed by atoms with Gasteiger partial charge in [0.15, 0.2) is 11.6 Å². The maximum atomic E-state index is 13.2. The zero-order chi connectivity index (χ0) is 16.8. The number of nitrogens with zero attached hydrogens (tertiary/aromatic N) is 2. The van der Waals surface area contributed by atoms with Gasteiger partial charge in [0.1, 0.15) is 0 Å². The van der Waals surface area contributed by atoms with Crippen LogP contribution in [-0.2, 0) is 9.53 Å². The number of rotatable bonds is 5. The highest BCUT2D eigenvalue weighted by Crippen LogP contribution is 2.13. The summed E-state index contributed by atoms with van der Waals surface area (Å²) in [6.45, 7) is 3.20. The number of piperazine rings is 1. The molecular formula is C16H20F2N2O3. The zero-order valence-corrected chi connectivity index (χ0v) is 13.1. The Hall–Kier alpha value is -2.02. The lowest BCUT2D eigenvalue weighted by Gasteiger charge is -2.34. The quantitative estimate of drug-likeness (QED) is 0.773. The first-order chi connectivity index (χ1) is 11.0. The molecule has 1 aromatic rings. The number of amides is 1. The average molecular weight is 326 g/mol. The largest absolute Gasteiger partial charge is 0.469 e. The second-order valence-corrected chi connectivity index (χ2v) is 5.44. The molecule has 23 heavy (non-hydrogen) atoms. The Morgan fingerprint density at radius 2 is 1.83 bits per heavy atom. The van der Waals surface area contributed by atoms with E-state index < -0.39 is 11.6 Å². The number of carbonyl (C=O) groups is 2. The molecule has 0 unspecified atom stereocenters. The standard InChI is InChI=1S/C16H20F2N2O3/c1-23-15(21)3-2-6-19-7-9-20(10-8-19)16(22)12-4-5-13(17)14(18)11-12/h4-5,11H,2-3,6-10H2,1H3. The maximum Gasteiger partial charge on any atom is 0.305 e. The van der Waals surface area contributed by atoms with Crippen molar-refractivity contribution in [1.29, 1.82) is 0 Å². The Morgan fingerprint density at radius 1 is 1.13 bits per heavy atom. The lowest BCUT2D eigenvalue weighted by atomic mass is 10.1. The highest BCUT2D eigenvalue weighted by molar-refractivity contribution is 5.94. The lowest BCUT2D eigenvalue weighted by molar-refractivity contribution is -0.140. The second-order valence-electron chi connectivity index (χ2n) is 5.44. The first-order valence-corrected chi connectivity index (χ1v) is 7.54. The molecule has 0 N–H and O–H groups in total. The highest BCUT2D eigenvalue weighted by Gasteiger charge is 2.22. The van der Waals surface area contributed by atoms with E-state index in [0.717, 1.165) is 18.7 Å². The fourth-order valence-electron chi connectivity index (χ4n) is 2.54. The van der Waals surface area contributed by atoms with Crippen LogP contribution in [0.5, 0.6) is 0 Å². The van der Waals surface area contributed by atoms with Crippen molar-refractivity contribution in [2.45, 2.75) is 12.8 Å². The molecule has 1 saturated heterocycles. The van der Waals surface area contributed by atoms with E-state index in [-0.39, 0.29) is 17.4 Å². The molecule has 0 saturated carbocycles. The number of hydrogen-bond acceptors (Lipinski definition) is 4. The average Bonchev–Trinajstić information content (AvgIpc) is 2.57. The van der Waals surface area contributed by atoms with Crippen molar-refractivity contribution in [3.63, 3.8) is 0 Å². The number of hydrogen-bond donors (Lipinski definition) is 0. The van der Waals surface area contributed by atoms with Crippen LogP contribution in [0.4, 0.5) is 8.78 Å². The molecule has 2 rings (SSSR count). The molecule has 7 heteroatoms. The molecule has 0 aliphatic carbocycles. The van der Waals surface area contributed by atoms with Gasteiger partial charge in [-0.05, 0) is 31.2 Å². The van der Waals surface area contributed by atoms with Crippen LogP contribution in [0.1, 0.15) is 23.2 Å². The Balaban J connectivity index is 1.80. The van der Waals surface area contributed by atoms with Crippen LogP contribution in [0.25, 0.3) is 0 Å². The van der Waals surface area contributed by atoms with Gasteiger partial charge in [0.2, 0.25) is 0 Å². The van der Waals surface area contributed by atoms with E-state index in [9.17, 15) is 18.4 Å². The minimum absolute atomic E-state index is 0.156. The molecule has 1 aliphatic heterocycles. The van der Waals surface area contributed by atoms with Gasteiger partial charge in [-0.15, -0.1) is 0 Å². The van der Waals surface area contributed by atoms with E-state index >= 15 is 0 Å². The molecule has 1 amide bonds. The van der Waals surface area contributed by atoms with Crippen LogP contribution in [0, 0.1) is 11.6 Å². The molecule has 1 aromatic carbocycles. The van der Waals surface area contributed by atoms with Crippen LogP contribution in [0.2, 0.25) is 0 Å². The second kappa shape index (κ2) is 8.01. The SMILES string of the molecule is COC(=O)CCCN1CCN(C(=O)c2ccc(F)c(F)c2)CC1. The summed E-state index contributed by atoms with van der Waals surface area (Å²) in [5.74, 6) is -2.50. The normalized spacial score (nSPS) is 15.5. The smallest absolute Gasteiger partial charge is 0.305 e. The molecule has 0 bridgehead atoms. The highest BCUT2D eigenvalue weighted by atomic mass is 19.2. The van der Waals surface area contributed by atoms with E-state index in [1.807, 2.05) is 0 Å². The van der Waals surface area contributed by atoms with Crippen molar-refractivity contribution >= 4 is 11.9 Å². The van der Waals surface area contributed by atoms with Gasteiger partial charge >= 0.3 is 5.97 Å². The van der Waals surface area contributed by atoms with Gasteiger partial charge in [-0.2, -0.15) is 0 Å². The molecule has 5 nitrogen and oxygen atoms in total. The van der Waals surface area contributed by atoms with Crippen LogP contribution >= 0.6 is 0 Å². The maximum absolute atomic E-state index is 13.2. The van der Waals surface area contributed by atoms with Crippen LogP contribution in [0.15, 0.2) is 18.2 Å². The number of esters is 1. The van der Waals surface area contributed by atoms with E-state index in [2.05, 4.69) is 9.64 Å². The Labute approximate surface area is 133 Å². The third kappa shape index (κ3) is 4.72. The van der Waals surface area contributed by atoms with Gasteiger partial charge in [-0.1, -0.05) is 0 Å². The van der Waals surface area contributed by atoms with Gasteiger partial charge in [-0.3, -0.25) is 14.5 Å². The Morgan fingerprint density at radius 3 is 2.43 bits per heavy atom. The summed E-state index contributed by atoms with van der Waals surface area (Å²) in [5, 5.41) is 0. The molecule has 0 spiro atoms. The van der Waals surface area contributed by atoms with Crippen molar-refractivity contribution in [1.82, 2.24) is 9.80 Å². The summed E-state index contributed by atoms with van der Waals surface area (Å²) in [6.07, 6.45) is 1.09. The molecule has 1 aliphatic rings. The van der Waals surface area contributed by atoms with Crippen LogP contribution < -0.4 is 0 Å². The number of ether oxygens (including phenoxy) is 1. The van der Waals surface area contributed by atoms with Crippen LogP contribution in [0.3, 0.4) is 0 Å². The van der Waals surface area contributed by atoms with Crippen molar-refractivity contribution in [3.05, 3.63) is 35.4 Å². The first-order valence-electron chi connectivity index (χ1n) is 7.54. The fraction of sp³-hybridized carbons (Fsp3) is 0.500. The van der Waals surface area contributed by atoms with E-state index in [4.69, 9.17) is 0 Å². The summed E-state index contributed by atoms with van der Waals surface area (Å²) in [7, 11) is 1.37. The summed E-state index contributed by atoms with van der Waals surface area (Å²) < 4.78 is 30.7. The predicted octanol–water partition coefficient (Wildman–Crippen LogP) is 1.68. The van der Waals surface area contributed by atoms with E-state index in [1.165, 1.54) is 13.2 Å². The van der Waals surface area contributed by atoms with Crippen LogP contribution in [-0.4, -0.2) is 61.5 Å². The zero-order valence-electron chi connectivity index (χ0n) is 13.1. The van der Waals surface area contributed by atoms with E-state index in [1.54, 1.807) is 4.90 Å². The topological polar surface area (TPSA) is 49.9 Å². The monoisotopic (exact) mass is 326 g/mol. The van der Waals surface area contributed by atoms with Gasteiger partial charge in [0.25, 0.3) is 5.91 Å².